The van der Waals surface area contributed by atoms with E-state index in [0.717, 1.165) is 25.1 Å². The van der Waals surface area contributed by atoms with Gasteiger partial charge in [-0.25, -0.2) is 0 Å². The normalized spacial score (nSPS) is 18.7. The Hall–Kier alpha value is -1.02. The molecule has 0 spiro atoms. The van der Waals surface area contributed by atoms with Gasteiger partial charge in [-0.3, -0.25) is 4.79 Å². The molecule has 1 heterocycles. The van der Waals surface area contributed by atoms with E-state index < -0.39 is 0 Å². The van der Waals surface area contributed by atoms with E-state index in [2.05, 4.69) is 18.7 Å². The van der Waals surface area contributed by atoms with E-state index in [1.54, 1.807) is 6.07 Å². The Morgan fingerprint density at radius 3 is 2.56 bits per heavy atom. The molecular formula is C15H20ClNO. The van der Waals surface area contributed by atoms with Crippen molar-refractivity contribution in [1.29, 1.82) is 0 Å². The number of rotatable bonds is 3. The number of hydrogen-bond donors (Lipinski definition) is 0. The molecule has 1 aliphatic rings. The molecule has 0 radical (unpaired) electrons. The summed E-state index contributed by atoms with van der Waals surface area (Å²) in [6.45, 7) is 6.72. The number of nitrogens with zero attached hydrogens (tertiary/aromatic N) is 1. The molecule has 3 heteroatoms. The summed E-state index contributed by atoms with van der Waals surface area (Å²) >= 11 is 6.25. The molecule has 2 rings (SSSR count). The van der Waals surface area contributed by atoms with E-state index in [9.17, 15) is 4.79 Å². The molecule has 98 valence electrons. The lowest BCUT2D eigenvalue weighted by Gasteiger charge is -2.40. The fourth-order valence-electron chi connectivity index (χ4n) is 2.49. The van der Waals surface area contributed by atoms with Crippen LogP contribution in [0.2, 0.25) is 5.02 Å². The molecule has 0 saturated carbocycles. The van der Waals surface area contributed by atoms with Crippen LogP contribution in [0.15, 0.2) is 18.2 Å². The molecule has 0 atom stereocenters. The first-order valence-electron chi connectivity index (χ1n) is 6.58. The number of benzene rings is 1. The van der Waals surface area contributed by atoms with Crippen molar-refractivity contribution in [2.75, 3.05) is 18.0 Å². The molecule has 0 unspecified atom stereocenters. The smallest absolute Gasteiger partial charge is 0.150 e. The average Bonchev–Trinajstić information content (AvgIpc) is 2.40. The van der Waals surface area contributed by atoms with Crippen molar-refractivity contribution in [2.24, 2.45) is 5.41 Å². The van der Waals surface area contributed by atoms with Crippen molar-refractivity contribution in [2.45, 2.75) is 33.1 Å². The Bertz CT molecular complexity index is 436. The molecule has 2 nitrogen and oxygen atoms in total. The van der Waals surface area contributed by atoms with Gasteiger partial charge in [-0.2, -0.15) is 0 Å². The molecule has 0 aromatic heterocycles. The van der Waals surface area contributed by atoms with Crippen LogP contribution in [-0.2, 0) is 0 Å². The van der Waals surface area contributed by atoms with Crippen molar-refractivity contribution in [3.8, 4) is 0 Å². The molecule has 1 aromatic carbocycles. The van der Waals surface area contributed by atoms with Crippen LogP contribution in [-0.4, -0.2) is 19.4 Å². The van der Waals surface area contributed by atoms with Gasteiger partial charge in [0.05, 0.1) is 10.7 Å². The van der Waals surface area contributed by atoms with Crippen LogP contribution in [0, 0.1) is 5.41 Å². The SMILES string of the molecule is CCC1(C)CCN(c2ccc(C=O)cc2Cl)CC1. The number of halogens is 1. The molecule has 0 N–H and O–H groups in total. The van der Waals surface area contributed by atoms with Gasteiger partial charge < -0.3 is 4.90 Å². The van der Waals surface area contributed by atoms with Gasteiger partial charge in [0.1, 0.15) is 6.29 Å². The minimum Gasteiger partial charge on any atom is -0.370 e. The molecular weight excluding hydrogens is 246 g/mol. The number of carbonyl (C=O) groups excluding carboxylic acids is 1. The highest BCUT2D eigenvalue weighted by Crippen LogP contribution is 2.37. The Morgan fingerprint density at radius 1 is 1.39 bits per heavy atom. The molecule has 0 aliphatic carbocycles. The van der Waals surface area contributed by atoms with Crippen molar-refractivity contribution in [3.63, 3.8) is 0 Å². The monoisotopic (exact) mass is 265 g/mol. The first-order valence-corrected chi connectivity index (χ1v) is 6.95. The third-order valence-electron chi connectivity index (χ3n) is 4.27. The minimum absolute atomic E-state index is 0.478. The van der Waals surface area contributed by atoms with E-state index in [1.165, 1.54) is 19.3 Å². The summed E-state index contributed by atoms with van der Waals surface area (Å²) in [7, 11) is 0. The second kappa shape index (κ2) is 5.31. The van der Waals surface area contributed by atoms with Gasteiger partial charge >= 0.3 is 0 Å². The lowest BCUT2D eigenvalue weighted by Crippen LogP contribution is -2.38. The van der Waals surface area contributed by atoms with E-state index in [-0.39, 0.29) is 0 Å². The molecule has 18 heavy (non-hydrogen) atoms. The van der Waals surface area contributed by atoms with Gasteiger partial charge in [0.25, 0.3) is 0 Å². The van der Waals surface area contributed by atoms with E-state index in [4.69, 9.17) is 11.6 Å². The summed E-state index contributed by atoms with van der Waals surface area (Å²) in [4.78, 5) is 13.0. The summed E-state index contributed by atoms with van der Waals surface area (Å²) < 4.78 is 0. The Labute approximate surface area is 114 Å². The quantitative estimate of drug-likeness (QED) is 0.765. The van der Waals surface area contributed by atoms with E-state index in [0.29, 0.717) is 16.0 Å². The maximum Gasteiger partial charge on any atom is 0.150 e. The Kier molecular flexibility index (Phi) is 3.96. The molecule has 1 fully saturated rings. The predicted molar refractivity (Wildman–Crippen MR) is 76.7 cm³/mol. The summed E-state index contributed by atoms with van der Waals surface area (Å²) in [5.74, 6) is 0. The largest absolute Gasteiger partial charge is 0.370 e. The zero-order chi connectivity index (χ0) is 13.2. The van der Waals surface area contributed by atoms with E-state index in [1.807, 2.05) is 12.1 Å². The second-order valence-corrected chi connectivity index (χ2v) is 5.89. The van der Waals surface area contributed by atoms with Crippen LogP contribution >= 0.6 is 11.6 Å². The third-order valence-corrected chi connectivity index (χ3v) is 4.58. The van der Waals surface area contributed by atoms with E-state index >= 15 is 0 Å². The summed E-state index contributed by atoms with van der Waals surface area (Å²) in [6, 6.07) is 5.54. The molecule has 1 aromatic rings. The number of aldehydes is 1. The van der Waals surface area contributed by atoms with Crippen LogP contribution in [0.1, 0.15) is 43.5 Å². The van der Waals surface area contributed by atoms with Crippen LogP contribution in [0.4, 0.5) is 5.69 Å². The van der Waals surface area contributed by atoms with Gasteiger partial charge in [0.2, 0.25) is 0 Å². The van der Waals surface area contributed by atoms with Gasteiger partial charge in [0, 0.05) is 18.7 Å². The summed E-state index contributed by atoms with van der Waals surface area (Å²) in [5.41, 5.74) is 2.17. The van der Waals surface area contributed by atoms with Crippen LogP contribution in [0.3, 0.4) is 0 Å². The van der Waals surface area contributed by atoms with Crippen LogP contribution in [0.5, 0.6) is 0 Å². The molecule has 0 bridgehead atoms. The fourth-order valence-corrected chi connectivity index (χ4v) is 2.80. The molecule has 0 amide bonds. The highest BCUT2D eigenvalue weighted by atomic mass is 35.5. The van der Waals surface area contributed by atoms with Gasteiger partial charge in [0.15, 0.2) is 0 Å². The second-order valence-electron chi connectivity index (χ2n) is 5.48. The molecule has 1 aliphatic heterocycles. The zero-order valence-corrected chi connectivity index (χ0v) is 11.8. The third kappa shape index (κ3) is 2.69. The molecule has 1 saturated heterocycles. The first-order chi connectivity index (χ1) is 8.58. The maximum absolute atomic E-state index is 10.7. The summed E-state index contributed by atoms with van der Waals surface area (Å²) in [5, 5.41) is 0.680. The highest BCUT2D eigenvalue weighted by Gasteiger charge is 2.28. The maximum atomic E-state index is 10.7. The van der Waals surface area contributed by atoms with Crippen molar-refractivity contribution in [1.82, 2.24) is 0 Å². The first kappa shape index (κ1) is 13.4. The number of hydrogen-bond acceptors (Lipinski definition) is 2. The lowest BCUT2D eigenvalue weighted by molar-refractivity contribution is 0.112. The van der Waals surface area contributed by atoms with Crippen LogP contribution in [0.25, 0.3) is 0 Å². The summed E-state index contributed by atoms with van der Waals surface area (Å²) in [6.07, 6.45) is 4.48. The highest BCUT2D eigenvalue weighted by molar-refractivity contribution is 6.33. The Morgan fingerprint density at radius 2 is 2.06 bits per heavy atom. The van der Waals surface area contributed by atoms with Crippen molar-refractivity contribution in [3.05, 3.63) is 28.8 Å². The van der Waals surface area contributed by atoms with Crippen LogP contribution < -0.4 is 4.90 Å². The van der Waals surface area contributed by atoms with Crippen molar-refractivity contribution >= 4 is 23.6 Å². The number of anilines is 1. The zero-order valence-electron chi connectivity index (χ0n) is 11.1. The van der Waals surface area contributed by atoms with Gasteiger partial charge in [-0.1, -0.05) is 31.9 Å². The standard InChI is InChI=1S/C15H20ClNO/c1-3-15(2)6-8-17(9-7-15)14-5-4-12(11-18)10-13(14)16/h4-5,10-11H,3,6-9H2,1-2H3. The van der Waals surface area contributed by atoms with Gasteiger partial charge in [-0.05, 0) is 36.5 Å². The number of piperidine rings is 1. The predicted octanol–water partition coefficient (Wildman–Crippen LogP) is 4.17. The minimum atomic E-state index is 0.478. The lowest BCUT2D eigenvalue weighted by atomic mass is 9.78. The topological polar surface area (TPSA) is 20.3 Å². The fraction of sp³-hybridized carbons (Fsp3) is 0.533. The van der Waals surface area contributed by atoms with Crippen molar-refractivity contribution < 1.29 is 4.79 Å². The number of carbonyl (C=O) groups is 1. The average molecular weight is 266 g/mol. The Balaban J connectivity index is 2.12. The van der Waals surface area contributed by atoms with Gasteiger partial charge in [-0.15, -0.1) is 0 Å².